The number of amides is 1. The molecule has 2 rings (SSSR count). The van der Waals surface area contributed by atoms with Gasteiger partial charge in [0.1, 0.15) is 5.82 Å². The zero-order chi connectivity index (χ0) is 12.4. The van der Waals surface area contributed by atoms with Crippen molar-refractivity contribution in [3.8, 4) is 0 Å². The van der Waals surface area contributed by atoms with Crippen molar-refractivity contribution in [2.45, 2.75) is 13.0 Å². The van der Waals surface area contributed by atoms with Crippen LogP contribution in [0.15, 0.2) is 22.7 Å². The molecule has 0 bridgehead atoms. The van der Waals surface area contributed by atoms with Crippen molar-refractivity contribution in [1.82, 2.24) is 10.2 Å². The zero-order valence-corrected chi connectivity index (χ0v) is 11.1. The zero-order valence-electron chi connectivity index (χ0n) is 9.54. The molecular formula is C12H14BrFN2O. The standard InChI is InChI=1S/C12H14BrFN2O/c1-8-7-15-4-5-16(8)12(17)10-6-9(13)2-3-11(10)14/h2-3,6,8,15H,4-5,7H2,1H3/t8-/m0/s1. The molecule has 3 nitrogen and oxygen atoms in total. The normalized spacial score (nSPS) is 20.4. The average Bonchev–Trinajstić information content (AvgIpc) is 2.32. The second-order valence-electron chi connectivity index (χ2n) is 4.18. The van der Waals surface area contributed by atoms with E-state index in [4.69, 9.17) is 0 Å². The van der Waals surface area contributed by atoms with Gasteiger partial charge in [-0.1, -0.05) is 15.9 Å². The molecule has 17 heavy (non-hydrogen) atoms. The molecule has 5 heteroatoms. The van der Waals surface area contributed by atoms with E-state index in [0.717, 1.165) is 13.1 Å². The minimum atomic E-state index is -0.469. The summed E-state index contributed by atoms with van der Waals surface area (Å²) in [5.74, 6) is -0.707. The van der Waals surface area contributed by atoms with Crippen molar-refractivity contribution >= 4 is 21.8 Å². The molecule has 0 unspecified atom stereocenters. The fraction of sp³-hybridized carbons (Fsp3) is 0.417. The number of rotatable bonds is 1. The summed E-state index contributed by atoms with van der Waals surface area (Å²) >= 11 is 3.25. The Morgan fingerprint density at radius 2 is 2.35 bits per heavy atom. The Balaban J connectivity index is 2.26. The molecule has 0 saturated carbocycles. The largest absolute Gasteiger partial charge is 0.333 e. The summed E-state index contributed by atoms with van der Waals surface area (Å²) in [5.41, 5.74) is 0.133. The van der Waals surface area contributed by atoms with Crippen molar-refractivity contribution in [1.29, 1.82) is 0 Å². The van der Waals surface area contributed by atoms with Gasteiger partial charge in [0, 0.05) is 30.1 Å². The highest BCUT2D eigenvalue weighted by atomic mass is 79.9. The van der Waals surface area contributed by atoms with Gasteiger partial charge in [-0.15, -0.1) is 0 Å². The average molecular weight is 301 g/mol. The highest BCUT2D eigenvalue weighted by molar-refractivity contribution is 9.10. The first-order valence-electron chi connectivity index (χ1n) is 5.56. The number of hydrogen-bond donors (Lipinski definition) is 1. The molecule has 92 valence electrons. The van der Waals surface area contributed by atoms with Gasteiger partial charge in [-0.25, -0.2) is 4.39 Å². The van der Waals surface area contributed by atoms with Gasteiger partial charge >= 0.3 is 0 Å². The molecule has 1 aliphatic rings. The Morgan fingerprint density at radius 3 is 3.06 bits per heavy atom. The Kier molecular flexibility index (Phi) is 3.79. The summed E-state index contributed by atoms with van der Waals surface area (Å²) in [5, 5.41) is 3.20. The minimum Gasteiger partial charge on any atom is -0.333 e. The van der Waals surface area contributed by atoms with E-state index in [9.17, 15) is 9.18 Å². The van der Waals surface area contributed by atoms with E-state index in [1.54, 1.807) is 11.0 Å². The summed E-state index contributed by atoms with van der Waals surface area (Å²) in [4.78, 5) is 13.9. The molecule has 1 aromatic rings. The predicted molar refractivity (Wildman–Crippen MR) is 67.5 cm³/mol. The molecule has 1 aromatic carbocycles. The third-order valence-electron chi connectivity index (χ3n) is 2.92. The first kappa shape index (κ1) is 12.5. The molecule has 1 heterocycles. The monoisotopic (exact) mass is 300 g/mol. The number of nitrogens with one attached hydrogen (secondary N) is 1. The van der Waals surface area contributed by atoms with Crippen molar-refractivity contribution in [2.24, 2.45) is 0 Å². The van der Waals surface area contributed by atoms with Crippen LogP contribution in [0.1, 0.15) is 17.3 Å². The molecule has 1 atom stereocenters. The smallest absolute Gasteiger partial charge is 0.257 e. The minimum absolute atomic E-state index is 0.0923. The van der Waals surface area contributed by atoms with Gasteiger partial charge in [-0.3, -0.25) is 4.79 Å². The maximum atomic E-state index is 13.6. The van der Waals surface area contributed by atoms with E-state index in [0.29, 0.717) is 11.0 Å². The summed E-state index contributed by atoms with van der Waals surface area (Å²) in [7, 11) is 0. The summed E-state index contributed by atoms with van der Waals surface area (Å²) in [6, 6.07) is 4.53. The van der Waals surface area contributed by atoms with Gasteiger partial charge in [0.2, 0.25) is 0 Å². The van der Waals surface area contributed by atoms with Crippen LogP contribution in [-0.4, -0.2) is 36.5 Å². The van der Waals surface area contributed by atoms with Gasteiger partial charge in [0.25, 0.3) is 5.91 Å². The Hall–Kier alpha value is -0.940. The highest BCUT2D eigenvalue weighted by Crippen LogP contribution is 2.18. The van der Waals surface area contributed by atoms with Crippen LogP contribution in [-0.2, 0) is 0 Å². The lowest BCUT2D eigenvalue weighted by Gasteiger charge is -2.34. The van der Waals surface area contributed by atoms with Crippen LogP contribution in [0.3, 0.4) is 0 Å². The van der Waals surface area contributed by atoms with Crippen LogP contribution < -0.4 is 5.32 Å². The maximum absolute atomic E-state index is 13.6. The van der Waals surface area contributed by atoms with Gasteiger partial charge in [0.15, 0.2) is 0 Å². The lowest BCUT2D eigenvalue weighted by Crippen LogP contribution is -2.52. The molecule has 1 amide bonds. The molecule has 0 aliphatic carbocycles. The van der Waals surface area contributed by atoms with E-state index >= 15 is 0 Å². The van der Waals surface area contributed by atoms with E-state index in [1.807, 2.05) is 6.92 Å². The van der Waals surface area contributed by atoms with Crippen LogP contribution in [0.4, 0.5) is 4.39 Å². The summed E-state index contributed by atoms with van der Waals surface area (Å²) < 4.78 is 14.3. The van der Waals surface area contributed by atoms with Gasteiger partial charge in [-0.2, -0.15) is 0 Å². The lowest BCUT2D eigenvalue weighted by atomic mass is 10.1. The number of nitrogens with zero attached hydrogens (tertiary/aromatic N) is 1. The number of carbonyl (C=O) groups excluding carboxylic acids is 1. The van der Waals surface area contributed by atoms with Crippen molar-refractivity contribution in [2.75, 3.05) is 19.6 Å². The van der Waals surface area contributed by atoms with Crippen LogP contribution >= 0.6 is 15.9 Å². The Morgan fingerprint density at radius 1 is 1.59 bits per heavy atom. The fourth-order valence-electron chi connectivity index (χ4n) is 1.96. The molecule has 1 aliphatic heterocycles. The van der Waals surface area contributed by atoms with E-state index in [-0.39, 0.29) is 17.5 Å². The number of hydrogen-bond acceptors (Lipinski definition) is 2. The highest BCUT2D eigenvalue weighted by Gasteiger charge is 2.25. The van der Waals surface area contributed by atoms with Crippen molar-refractivity contribution in [3.63, 3.8) is 0 Å². The molecule has 1 N–H and O–H groups in total. The van der Waals surface area contributed by atoms with Crippen molar-refractivity contribution < 1.29 is 9.18 Å². The first-order chi connectivity index (χ1) is 8.09. The van der Waals surface area contributed by atoms with Crippen LogP contribution in [0.5, 0.6) is 0 Å². The third-order valence-corrected chi connectivity index (χ3v) is 3.41. The fourth-order valence-corrected chi connectivity index (χ4v) is 2.32. The second-order valence-corrected chi connectivity index (χ2v) is 5.09. The van der Waals surface area contributed by atoms with Crippen molar-refractivity contribution in [3.05, 3.63) is 34.1 Å². The van der Waals surface area contributed by atoms with Gasteiger partial charge in [-0.05, 0) is 25.1 Å². The maximum Gasteiger partial charge on any atom is 0.257 e. The Labute approximate surface area is 108 Å². The second kappa shape index (κ2) is 5.14. The SMILES string of the molecule is C[C@H]1CNCCN1C(=O)c1cc(Br)ccc1F. The molecule has 1 saturated heterocycles. The van der Waals surface area contributed by atoms with E-state index in [2.05, 4.69) is 21.2 Å². The topological polar surface area (TPSA) is 32.3 Å². The number of piperazine rings is 1. The quantitative estimate of drug-likeness (QED) is 0.861. The number of benzene rings is 1. The molecule has 0 spiro atoms. The third kappa shape index (κ3) is 2.66. The number of carbonyl (C=O) groups is 1. The van der Waals surface area contributed by atoms with E-state index < -0.39 is 5.82 Å². The van der Waals surface area contributed by atoms with Gasteiger partial charge < -0.3 is 10.2 Å². The van der Waals surface area contributed by atoms with Gasteiger partial charge in [0.05, 0.1) is 5.56 Å². The van der Waals surface area contributed by atoms with E-state index in [1.165, 1.54) is 12.1 Å². The van der Waals surface area contributed by atoms with Crippen LogP contribution in [0.2, 0.25) is 0 Å². The lowest BCUT2D eigenvalue weighted by molar-refractivity contribution is 0.0651. The Bertz CT molecular complexity index is 439. The molecular weight excluding hydrogens is 287 g/mol. The number of halogens is 2. The van der Waals surface area contributed by atoms with Crippen LogP contribution in [0, 0.1) is 5.82 Å². The molecule has 1 fully saturated rings. The molecule has 0 aromatic heterocycles. The summed E-state index contributed by atoms with van der Waals surface area (Å²) in [6.07, 6.45) is 0. The molecule has 0 radical (unpaired) electrons. The predicted octanol–water partition coefficient (Wildman–Crippen LogP) is 2.02. The first-order valence-corrected chi connectivity index (χ1v) is 6.35. The van der Waals surface area contributed by atoms with Crippen LogP contribution in [0.25, 0.3) is 0 Å². The summed E-state index contributed by atoms with van der Waals surface area (Å²) in [6.45, 7) is 4.08.